The summed E-state index contributed by atoms with van der Waals surface area (Å²) in [6.07, 6.45) is 0. The molecule has 30 heavy (non-hydrogen) atoms. The van der Waals surface area contributed by atoms with E-state index in [4.69, 9.17) is 9.47 Å². The van der Waals surface area contributed by atoms with E-state index in [0.29, 0.717) is 34.4 Å². The van der Waals surface area contributed by atoms with Crippen LogP contribution in [0.4, 0.5) is 5.82 Å². The Morgan fingerprint density at radius 2 is 1.80 bits per heavy atom. The molecule has 1 amide bonds. The van der Waals surface area contributed by atoms with E-state index < -0.39 is 10.8 Å². The van der Waals surface area contributed by atoms with E-state index in [9.17, 15) is 9.00 Å². The molecule has 1 N–H and O–H groups in total. The highest BCUT2D eigenvalue weighted by Gasteiger charge is 2.29. The Morgan fingerprint density at radius 3 is 2.47 bits per heavy atom. The van der Waals surface area contributed by atoms with Gasteiger partial charge in [0.2, 0.25) is 0 Å². The van der Waals surface area contributed by atoms with Gasteiger partial charge in [0.05, 0.1) is 37.1 Å². The zero-order chi connectivity index (χ0) is 21.4. The molecule has 0 radical (unpaired) electrons. The number of hydrogen-bond donors (Lipinski definition) is 1. The molecule has 0 aliphatic carbocycles. The van der Waals surface area contributed by atoms with Crippen molar-refractivity contribution in [3.05, 3.63) is 64.3 Å². The summed E-state index contributed by atoms with van der Waals surface area (Å²) in [6, 6.07) is 11.0. The molecule has 0 unspecified atom stereocenters. The number of hydrogen-bond acceptors (Lipinski definition) is 5. The second kappa shape index (κ2) is 7.95. The highest BCUT2D eigenvalue weighted by Crippen LogP contribution is 2.33. The number of benzene rings is 2. The minimum absolute atomic E-state index is 0.320. The van der Waals surface area contributed by atoms with Crippen LogP contribution in [0.15, 0.2) is 36.4 Å². The van der Waals surface area contributed by atoms with E-state index in [-0.39, 0.29) is 5.91 Å². The lowest BCUT2D eigenvalue weighted by Crippen LogP contribution is -2.17. The predicted octanol–water partition coefficient (Wildman–Crippen LogP) is 3.52. The third kappa shape index (κ3) is 3.59. The van der Waals surface area contributed by atoms with Crippen molar-refractivity contribution >= 4 is 22.5 Å². The van der Waals surface area contributed by atoms with E-state index in [1.165, 1.54) is 14.2 Å². The van der Waals surface area contributed by atoms with Gasteiger partial charge in [-0.3, -0.25) is 9.00 Å². The number of aromatic nitrogens is 2. The quantitative estimate of drug-likeness (QED) is 0.676. The largest absolute Gasteiger partial charge is 0.497 e. The summed E-state index contributed by atoms with van der Waals surface area (Å²) in [5, 5.41) is 7.68. The van der Waals surface area contributed by atoms with Crippen LogP contribution in [0.2, 0.25) is 0 Å². The Balaban J connectivity index is 1.78. The number of anilines is 1. The summed E-state index contributed by atoms with van der Waals surface area (Å²) in [5.74, 6) is 2.04. The van der Waals surface area contributed by atoms with Gasteiger partial charge in [-0.25, -0.2) is 4.68 Å². The molecule has 2 heterocycles. The summed E-state index contributed by atoms with van der Waals surface area (Å²) in [4.78, 5) is 13.1. The molecule has 1 aliphatic heterocycles. The first-order valence-electron chi connectivity index (χ1n) is 9.48. The molecule has 1 aliphatic rings. The van der Waals surface area contributed by atoms with Crippen molar-refractivity contribution in [3.8, 4) is 17.2 Å². The Morgan fingerprint density at radius 1 is 1.10 bits per heavy atom. The molecule has 1 aromatic heterocycles. The van der Waals surface area contributed by atoms with Crippen LogP contribution in [0.5, 0.6) is 11.5 Å². The lowest BCUT2D eigenvalue weighted by atomic mass is 10.1. The van der Waals surface area contributed by atoms with Crippen molar-refractivity contribution in [2.75, 3.05) is 19.5 Å². The van der Waals surface area contributed by atoms with Crippen LogP contribution in [-0.4, -0.2) is 34.1 Å². The van der Waals surface area contributed by atoms with Gasteiger partial charge in [0.1, 0.15) is 17.3 Å². The smallest absolute Gasteiger partial charge is 0.257 e. The van der Waals surface area contributed by atoms with Gasteiger partial charge >= 0.3 is 0 Å². The maximum Gasteiger partial charge on any atom is 0.257 e. The monoisotopic (exact) mass is 425 g/mol. The fraction of sp³-hybridized carbons (Fsp3) is 0.273. The van der Waals surface area contributed by atoms with Crippen molar-refractivity contribution in [1.29, 1.82) is 0 Å². The van der Waals surface area contributed by atoms with Crippen LogP contribution in [0.3, 0.4) is 0 Å². The molecule has 7 nitrogen and oxygen atoms in total. The van der Waals surface area contributed by atoms with Gasteiger partial charge in [0.25, 0.3) is 5.91 Å². The lowest BCUT2D eigenvalue weighted by molar-refractivity contribution is 0.102. The van der Waals surface area contributed by atoms with Crippen LogP contribution in [-0.2, 0) is 22.3 Å². The van der Waals surface area contributed by atoms with E-state index in [2.05, 4.69) is 10.4 Å². The van der Waals surface area contributed by atoms with Crippen molar-refractivity contribution < 1.29 is 18.5 Å². The molecule has 0 saturated heterocycles. The predicted molar refractivity (Wildman–Crippen MR) is 116 cm³/mol. The molecular weight excluding hydrogens is 402 g/mol. The number of amides is 1. The van der Waals surface area contributed by atoms with Crippen molar-refractivity contribution in [2.24, 2.45) is 0 Å². The van der Waals surface area contributed by atoms with E-state index in [1.807, 2.05) is 32.0 Å². The third-order valence-electron chi connectivity index (χ3n) is 5.32. The summed E-state index contributed by atoms with van der Waals surface area (Å²) >= 11 is 0. The molecule has 3 aromatic rings. The van der Waals surface area contributed by atoms with Crippen LogP contribution >= 0.6 is 0 Å². The van der Waals surface area contributed by atoms with Gasteiger partial charge in [-0.1, -0.05) is 12.1 Å². The first-order valence-corrected chi connectivity index (χ1v) is 11.0. The number of methoxy groups -OCH3 is 2. The van der Waals surface area contributed by atoms with Crippen LogP contribution < -0.4 is 14.8 Å². The molecule has 8 heteroatoms. The van der Waals surface area contributed by atoms with Crippen molar-refractivity contribution in [2.45, 2.75) is 25.4 Å². The van der Waals surface area contributed by atoms with Crippen LogP contribution in [0.1, 0.15) is 32.7 Å². The lowest BCUT2D eigenvalue weighted by Gasteiger charge is -2.15. The number of carbonyl (C=O) groups excluding carboxylic acids is 1. The zero-order valence-corrected chi connectivity index (χ0v) is 18.1. The normalized spacial score (nSPS) is 15.0. The minimum Gasteiger partial charge on any atom is -0.497 e. The molecule has 0 saturated carbocycles. The van der Waals surface area contributed by atoms with Crippen LogP contribution in [0, 0.1) is 13.8 Å². The topological polar surface area (TPSA) is 82.4 Å². The number of aryl methyl sites for hydroxylation is 1. The van der Waals surface area contributed by atoms with Crippen molar-refractivity contribution in [3.63, 3.8) is 0 Å². The van der Waals surface area contributed by atoms with Crippen LogP contribution in [0.25, 0.3) is 5.69 Å². The summed E-state index contributed by atoms with van der Waals surface area (Å²) in [6.45, 7) is 4.06. The van der Waals surface area contributed by atoms with E-state index in [1.54, 1.807) is 22.9 Å². The van der Waals surface area contributed by atoms with E-state index in [0.717, 1.165) is 28.1 Å². The molecule has 0 spiro atoms. The van der Waals surface area contributed by atoms with Gasteiger partial charge in [-0.05, 0) is 43.2 Å². The average Bonchev–Trinajstić information content (AvgIpc) is 3.26. The number of carbonyl (C=O) groups is 1. The second-order valence-corrected chi connectivity index (χ2v) is 8.65. The SMILES string of the molecule is COc1cc(OC)cc(C(=O)Nc2c3c(nn2-c2cccc(C)c2C)C[S@](=O)C3)c1. The van der Waals surface area contributed by atoms with Gasteiger partial charge < -0.3 is 14.8 Å². The average molecular weight is 426 g/mol. The first kappa shape index (κ1) is 20.2. The fourth-order valence-corrected chi connectivity index (χ4v) is 4.78. The highest BCUT2D eigenvalue weighted by atomic mass is 32.2. The standard InChI is InChI=1S/C22H23N3O4S/c1-13-6-5-7-20(14(13)2)25-21(18-11-30(27)12-19(18)24-25)23-22(26)15-8-16(28-3)10-17(9-15)29-4/h5-10H,11-12H2,1-4H3,(H,23,26)/t30-/m1/s1. The molecule has 156 valence electrons. The van der Waals surface area contributed by atoms with E-state index >= 15 is 0 Å². The van der Waals surface area contributed by atoms with Gasteiger partial charge in [0.15, 0.2) is 0 Å². The Bertz CT molecular complexity index is 1150. The molecule has 4 rings (SSSR count). The Labute approximate surface area is 177 Å². The summed E-state index contributed by atoms with van der Waals surface area (Å²) in [5.41, 5.74) is 5.05. The Hall–Kier alpha value is -3.13. The third-order valence-corrected chi connectivity index (χ3v) is 6.53. The summed E-state index contributed by atoms with van der Waals surface area (Å²) in [7, 11) is 2.06. The zero-order valence-electron chi connectivity index (χ0n) is 17.3. The second-order valence-electron chi connectivity index (χ2n) is 7.19. The highest BCUT2D eigenvalue weighted by molar-refractivity contribution is 7.83. The Kier molecular flexibility index (Phi) is 5.34. The molecule has 0 fully saturated rings. The molecular formula is C22H23N3O4S. The van der Waals surface area contributed by atoms with Gasteiger partial charge in [0, 0.05) is 28.0 Å². The van der Waals surface area contributed by atoms with Gasteiger partial charge in [-0.15, -0.1) is 0 Å². The fourth-order valence-electron chi connectivity index (χ4n) is 3.51. The number of ether oxygens (including phenoxy) is 2. The molecule has 1 atom stereocenters. The number of nitrogens with zero attached hydrogens (tertiary/aromatic N) is 2. The number of rotatable bonds is 5. The summed E-state index contributed by atoms with van der Waals surface area (Å²) < 4.78 is 24.4. The minimum atomic E-state index is -1.01. The number of fused-ring (bicyclic) bond motifs is 1. The number of nitrogens with one attached hydrogen (secondary N) is 1. The maximum atomic E-state index is 13.1. The molecule has 2 aromatic carbocycles. The maximum absolute atomic E-state index is 13.1. The molecule has 0 bridgehead atoms. The van der Waals surface area contributed by atoms with Crippen molar-refractivity contribution in [1.82, 2.24) is 9.78 Å². The first-order chi connectivity index (χ1) is 14.4. The van der Waals surface area contributed by atoms with Gasteiger partial charge in [-0.2, -0.15) is 5.10 Å².